The largest absolute Gasteiger partial charge is 0.299 e. The average Bonchev–Trinajstić information content (AvgIpc) is 2.54. The van der Waals surface area contributed by atoms with E-state index in [-0.39, 0.29) is 55.7 Å². The van der Waals surface area contributed by atoms with Gasteiger partial charge in [-0.05, 0) is 90.1 Å². The molecule has 31 heavy (non-hydrogen) atoms. The molecule has 167 valence electrons. The van der Waals surface area contributed by atoms with Crippen molar-refractivity contribution in [1.82, 2.24) is 0 Å². The second-order valence-electron chi connectivity index (χ2n) is 14.1. The van der Waals surface area contributed by atoms with Gasteiger partial charge in [-0.2, -0.15) is 11.8 Å². The van der Waals surface area contributed by atoms with E-state index in [1.165, 1.54) is 76.9 Å². The Morgan fingerprint density at radius 3 is 1.77 bits per heavy atom. The van der Waals surface area contributed by atoms with Crippen LogP contribution in [0.1, 0.15) is 62.8 Å². The summed E-state index contributed by atoms with van der Waals surface area (Å²) in [5, 5.41) is 0. The summed E-state index contributed by atoms with van der Waals surface area (Å²) in [6.07, 6.45) is 6.85. The Kier molecular flexibility index (Phi) is 2.53. The van der Waals surface area contributed by atoms with Gasteiger partial charge < -0.3 is 0 Å². The number of hydrogen-bond acceptors (Lipinski definition) is 0. The van der Waals surface area contributed by atoms with Crippen molar-refractivity contribution in [3.8, 4) is 0 Å². The van der Waals surface area contributed by atoms with Gasteiger partial charge in [0.05, 0.1) is 0 Å². The standard InChI is InChI=1S/C24H21.5CH4.BH.V/c1-5-2-8-12-17-18-14-10-4-6-3-9-13-16-15-11-7(1)19(5,8)21(11,12)23(15,17)24(16,18)22(13,14)20(6,9)10;;;;;;;/h5-13,15-18H,1-4H2;5*1H4;1H;/q-1;;;;;;;/i;;;;;;1T;. The molecule has 3 radical (unpaired) electrons. The molecule has 0 amide bonds. The maximum Gasteiger partial charge on any atom is 0.0379 e. The Balaban J connectivity index is 0.000000221. The summed E-state index contributed by atoms with van der Waals surface area (Å²) in [7, 11) is 3.75. The van der Waals surface area contributed by atoms with Crippen molar-refractivity contribution in [2.45, 2.75) is 62.8 Å². The van der Waals surface area contributed by atoms with Gasteiger partial charge in [0.1, 0.15) is 0 Å². The normalized spacial score (nSPS) is 87.5. The number of hydrogen-bond donors (Lipinski definition) is 0. The van der Waals surface area contributed by atoms with Gasteiger partial charge in [0.2, 0.25) is 0 Å². The van der Waals surface area contributed by atoms with Gasteiger partial charge in [-0.1, -0.05) is 66.2 Å². The average molecular weight is 454 g/mol. The predicted molar refractivity (Wildman–Crippen MR) is 122 cm³/mol. The zero-order valence-electron chi connectivity index (χ0n) is 15.9. The maximum atomic E-state index is 5.25. The molecule has 19 atom stereocenters. The van der Waals surface area contributed by atoms with E-state index >= 15 is 0 Å². The molecule has 0 aromatic rings. The third-order valence-corrected chi connectivity index (χ3v) is 17.3. The van der Waals surface area contributed by atoms with Crippen molar-refractivity contribution in [3.63, 3.8) is 0 Å². The fourth-order valence-electron chi connectivity index (χ4n) is 19.5. The van der Waals surface area contributed by atoms with Crippen LogP contribution in [0.4, 0.5) is 0 Å². The fourth-order valence-corrected chi connectivity index (χ4v) is 19.5. The number of fused-ring (bicyclic) bond motifs is 10. The molecule has 14 fully saturated rings. The van der Waals surface area contributed by atoms with Gasteiger partial charge in [0, 0.05) is 26.9 Å². The van der Waals surface area contributed by atoms with Gasteiger partial charge in [0.25, 0.3) is 0 Å². The SMILES string of the molecule is C.C.C.C.C.C1C2CC3C4C5C6C7C8CC9CC%10C%11C%12C%13[C-]%14C1C23C%144C%135C%126C%117C9%108.[3H][B].[V]. The van der Waals surface area contributed by atoms with E-state index in [4.69, 9.17) is 1.34 Å². The Bertz CT molecular complexity index is 912. The van der Waals surface area contributed by atoms with Crippen molar-refractivity contribution in [1.29, 1.82) is 1.34 Å². The van der Waals surface area contributed by atoms with E-state index in [1.807, 2.05) is 0 Å². The molecule has 0 saturated heterocycles. The van der Waals surface area contributed by atoms with Crippen LogP contribution in [-0.4, -0.2) is 9.71 Å². The van der Waals surface area contributed by atoms with Crippen molar-refractivity contribution in [2.75, 3.05) is 0 Å². The Hall–Kier alpha value is 0.649. The smallest absolute Gasteiger partial charge is 0.0379 e. The molecule has 0 bridgehead atoms. The van der Waals surface area contributed by atoms with Crippen LogP contribution in [0.25, 0.3) is 0 Å². The zero-order valence-corrected chi connectivity index (χ0v) is 16.3. The maximum absolute atomic E-state index is 5.25. The first-order chi connectivity index (χ1) is 12.9. The molecule has 14 saturated carbocycles. The molecule has 14 aliphatic carbocycles. The van der Waals surface area contributed by atoms with Crippen molar-refractivity contribution in [2.24, 2.45) is 109 Å². The minimum Gasteiger partial charge on any atom is -0.299 e. The molecule has 0 nitrogen and oxygen atoms in total. The first kappa shape index (κ1) is 19.9. The van der Waals surface area contributed by atoms with Gasteiger partial charge in [0.15, 0.2) is 0 Å². The van der Waals surface area contributed by atoms with Gasteiger partial charge in [-0.3, -0.25) is 5.92 Å². The Morgan fingerprint density at radius 2 is 1.16 bits per heavy atom. The van der Waals surface area contributed by atoms with Crippen molar-refractivity contribution in [3.05, 3.63) is 5.92 Å². The minimum absolute atomic E-state index is 0. The molecule has 0 N–H and O–H groups in total. The molecule has 0 aromatic heterocycles. The first-order valence-electron chi connectivity index (χ1n) is 12.3. The van der Waals surface area contributed by atoms with Crippen LogP contribution in [0.3, 0.4) is 0 Å². The van der Waals surface area contributed by atoms with E-state index in [2.05, 4.69) is 14.3 Å². The van der Waals surface area contributed by atoms with E-state index < -0.39 is 0 Å². The van der Waals surface area contributed by atoms with Gasteiger partial charge in [-0.25, -0.2) is 0 Å². The molecule has 14 rings (SSSR count). The third-order valence-electron chi connectivity index (χ3n) is 17.3. The molecule has 0 aromatic carbocycles. The molecule has 0 heterocycles. The van der Waals surface area contributed by atoms with E-state index in [0.29, 0.717) is 0 Å². The van der Waals surface area contributed by atoms with Crippen LogP contribution in [0.15, 0.2) is 0 Å². The van der Waals surface area contributed by atoms with E-state index in [0.717, 1.165) is 32.5 Å². The summed E-state index contributed by atoms with van der Waals surface area (Å²) < 4.78 is 5.25. The molecule has 14 aliphatic rings. The van der Waals surface area contributed by atoms with Crippen LogP contribution < -0.4 is 0 Å². The topological polar surface area (TPSA) is 0 Å². The van der Waals surface area contributed by atoms with Crippen LogP contribution >= 0.6 is 0 Å². The van der Waals surface area contributed by atoms with Crippen LogP contribution in [0.2, 0.25) is 0 Å². The monoisotopic (exact) mass is 454 g/mol. The molecule has 19 unspecified atom stereocenters. The van der Waals surface area contributed by atoms with Gasteiger partial charge in [-0.15, -0.1) is 5.41 Å². The zero-order chi connectivity index (χ0) is 15.9. The van der Waals surface area contributed by atoms with Crippen molar-refractivity contribution < 1.29 is 18.6 Å². The summed E-state index contributed by atoms with van der Waals surface area (Å²) in [6.45, 7) is 0. The predicted octanol–water partition coefficient (Wildman–Crippen LogP) is 5.77. The molecule has 2 heteroatoms. The van der Waals surface area contributed by atoms with E-state index in [9.17, 15) is 0 Å². The minimum atomic E-state index is 0. The van der Waals surface area contributed by atoms with Crippen molar-refractivity contribution >= 4 is 8.38 Å². The quantitative estimate of drug-likeness (QED) is 0.322. The molecule has 6 spiro atoms. The van der Waals surface area contributed by atoms with Gasteiger partial charge >= 0.3 is 0 Å². The summed E-state index contributed by atoms with van der Waals surface area (Å²) in [4.78, 5) is 0. The second kappa shape index (κ2) is 3.94. The number of rotatable bonds is 0. The second-order valence-corrected chi connectivity index (χ2v) is 14.1. The summed E-state index contributed by atoms with van der Waals surface area (Å²) in [5.74, 6) is 19.3. The van der Waals surface area contributed by atoms with Crippen LogP contribution in [0.5, 0.6) is 0 Å². The van der Waals surface area contributed by atoms with Crippen LogP contribution in [-0.2, 0) is 18.6 Å². The van der Waals surface area contributed by atoms with E-state index in [1.54, 1.807) is 25.7 Å². The third kappa shape index (κ3) is 0.730. The first-order valence-corrected chi connectivity index (χ1v) is 11.8. The fraction of sp³-hybridized carbons (Fsp3) is 0.966. The van der Waals surface area contributed by atoms with Crippen LogP contribution in [0, 0.1) is 115 Å². The summed E-state index contributed by atoms with van der Waals surface area (Å²) in [5.41, 5.74) is 6.35. The summed E-state index contributed by atoms with van der Waals surface area (Å²) in [6, 6.07) is 0. The Labute approximate surface area is 206 Å². The molecular formula is C29H42BV-. The Morgan fingerprint density at radius 1 is 0.613 bits per heavy atom. The summed E-state index contributed by atoms with van der Waals surface area (Å²) >= 11 is 0. The molecular weight excluding hydrogens is 410 g/mol. The molecule has 0 aliphatic heterocycles.